The predicted octanol–water partition coefficient (Wildman–Crippen LogP) is 1.44. The molecule has 0 atom stereocenters. The van der Waals surface area contributed by atoms with Gasteiger partial charge in [0.2, 0.25) is 0 Å². The van der Waals surface area contributed by atoms with Gasteiger partial charge in [0.1, 0.15) is 11.3 Å². The minimum atomic E-state index is -1.29. The van der Waals surface area contributed by atoms with Gasteiger partial charge in [0.15, 0.2) is 0 Å². The fraction of sp³-hybridized carbons (Fsp3) is 0.909. The van der Waals surface area contributed by atoms with Crippen molar-refractivity contribution < 1.29 is 13.9 Å². The van der Waals surface area contributed by atoms with Crippen LogP contribution in [-0.2, 0) is 4.74 Å². The van der Waals surface area contributed by atoms with Crippen molar-refractivity contribution in [2.45, 2.75) is 50.4 Å². The molecule has 92 valence electrons. The molecule has 0 aromatic rings. The van der Waals surface area contributed by atoms with Crippen molar-refractivity contribution in [2.24, 2.45) is 5.73 Å². The second-order valence-electron chi connectivity index (χ2n) is 6.20. The van der Waals surface area contributed by atoms with Crippen molar-refractivity contribution in [3.63, 3.8) is 0 Å². The first-order chi connectivity index (χ1) is 7.11. The van der Waals surface area contributed by atoms with Crippen LogP contribution in [0.2, 0.25) is 0 Å². The van der Waals surface area contributed by atoms with Gasteiger partial charge in [-0.25, -0.2) is 9.18 Å². The Balaban J connectivity index is 1.99. The van der Waals surface area contributed by atoms with Crippen LogP contribution in [0.4, 0.5) is 9.18 Å². The molecule has 4 nitrogen and oxygen atoms in total. The highest BCUT2D eigenvalue weighted by Gasteiger charge is 2.60. The molecule has 3 aliphatic rings. The Bertz CT molecular complexity index is 302. The van der Waals surface area contributed by atoms with Gasteiger partial charge in [-0.1, -0.05) is 0 Å². The molecular weight excluding hydrogens is 211 g/mol. The van der Waals surface area contributed by atoms with E-state index in [1.807, 2.05) is 0 Å². The fourth-order valence-corrected chi connectivity index (χ4v) is 2.67. The topological polar surface area (TPSA) is 55.6 Å². The first-order valence-corrected chi connectivity index (χ1v) is 5.57. The highest BCUT2D eigenvalue weighted by atomic mass is 19.1. The Morgan fingerprint density at radius 1 is 1.38 bits per heavy atom. The van der Waals surface area contributed by atoms with E-state index in [0.29, 0.717) is 19.4 Å². The lowest BCUT2D eigenvalue weighted by atomic mass is 9.63. The van der Waals surface area contributed by atoms with E-state index in [4.69, 9.17) is 10.5 Å². The van der Waals surface area contributed by atoms with E-state index < -0.39 is 22.9 Å². The average molecular weight is 230 g/mol. The molecule has 0 unspecified atom stereocenters. The van der Waals surface area contributed by atoms with Crippen molar-refractivity contribution in [1.82, 2.24) is 4.90 Å². The van der Waals surface area contributed by atoms with Crippen LogP contribution in [0.15, 0.2) is 0 Å². The maximum atomic E-state index is 13.9. The number of carbonyl (C=O) groups excluding carboxylic acids is 1. The average Bonchev–Trinajstić information content (AvgIpc) is 1.95. The summed E-state index contributed by atoms with van der Waals surface area (Å²) in [6, 6.07) is 0. The number of carbonyl (C=O) groups is 1. The van der Waals surface area contributed by atoms with Crippen LogP contribution in [0.1, 0.15) is 33.6 Å². The number of amides is 1. The van der Waals surface area contributed by atoms with Crippen LogP contribution in [0, 0.1) is 0 Å². The fourth-order valence-electron chi connectivity index (χ4n) is 2.67. The molecule has 3 fully saturated rings. The van der Waals surface area contributed by atoms with Gasteiger partial charge in [0.05, 0.1) is 6.54 Å². The van der Waals surface area contributed by atoms with Crippen molar-refractivity contribution >= 4 is 6.09 Å². The summed E-state index contributed by atoms with van der Waals surface area (Å²) in [6.07, 6.45) is 0.252. The third-order valence-corrected chi connectivity index (χ3v) is 2.97. The molecule has 1 amide bonds. The number of hydrogen-bond donors (Lipinski definition) is 1. The monoisotopic (exact) mass is 230 g/mol. The van der Waals surface area contributed by atoms with Gasteiger partial charge in [-0.05, 0) is 20.8 Å². The van der Waals surface area contributed by atoms with Gasteiger partial charge in [-0.3, -0.25) is 0 Å². The van der Waals surface area contributed by atoms with Gasteiger partial charge in [0.25, 0.3) is 0 Å². The van der Waals surface area contributed by atoms with Crippen LogP contribution < -0.4 is 5.73 Å². The van der Waals surface area contributed by atoms with Gasteiger partial charge in [-0.15, -0.1) is 0 Å². The van der Waals surface area contributed by atoms with Gasteiger partial charge in [-0.2, -0.15) is 0 Å². The van der Waals surface area contributed by atoms with E-state index >= 15 is 0 Å². The number of halogens is 1. The molecule has 0 spiro atoms. The van der Waals surface area contributed by atoms with E-state index in [1.165, 1.54) is 4.90 Å². The molecule has 0 aromatic heterocycles. The molecule has 0 aromatic carbocycles. The molecule has 2 heterocycles. The lowest BCUT2D eigenvalue weighted by Crippen LogP contribution is -2.74. The summed E-state index contributed by atoms with van der Waals surface area (Å²) in [5, 5.41) is 0. The van der Waals surface area contributed by atoms with Crippen molar-refractivity contribution in [3.05, 3.63) is 0 Å². The van der Waals surface area contributed by atoms with Crippen molar-refractivity contribution in [1.29, 1.82) is 0 Å². The molecule has 2 aliphatic heterocycles. The first kappa shape index (κ1) is 11.6. The molecule has 5 heteroatoms. The Kier molecular flexibility index (Phi) is 2.25. The van der Waals surface area contributed by atoms with Gasteiger partial charge in [0, 0.05) is 24.9 Å². The van der Waals surface area contributed by atoms with E-state index in [-0.39, 0.29) is 6.54 Å². The van der Waals surface area contributed by atoms with E-state index in [0.717, 1.165) is 0 Å². The van der Waals surface area contributed by atoms with E-state index in [1.54, 1.807) is 20.8 Å². The van der Waals surface area contributed by atoms with E-state index in [9.17, 15) is 9.18 Å². The highest BCUT2D eigenvalue weighted by Crippen LogP contribution is 2.47. The Morgan fingerprint density at radius 3 is 2.38 bits per heavy atom. The number of rotatable bonds is 0. The second kappa shape index (κ2) is 3.09. The molecule has 2 bridgehead atoms. The van der Waals surface area contributed by atoms with Crippen molar-refractivity contribution in [2.75, 3.05) is 13.1 Å². The smallest absolute Gasteiger partial charge is 0.410 e. The number of nitrogens with zero attached hydrogens (tertiary/aromatic N) is 1. The van der Waals surface area contributed by atoms with Gasteiger partial charge >= 0.3 is 6.09 Å². The minimum absolute atomic E-state index is 0.112. The standard InChI is InChI=1S/C11H19FN2O2/c1-9(2,3)16-8(15)14-6-10(12)4-11(13,5-10)7-14/h4-7,13H2,1-3H3. The molecular formula is C11H19FN2O2. The number of alkyl halides is 1. The first-order valence-electron chi connectivity index (χ1n) is 5.57. The zero-order chi connectivity index (χ0) is 12.2. The van der Waals surface area contributed by atoms with Crippen LogP contribution in [0.5, 0.6) is 0 Å². The van der Waals surface area contributed by atoms with Gasteiger partial charge < -0.3 is 15.4 Å². The molecule has 1 aliphatic carbocycles. The van der Waals surface area contributed by atoms with Crippen LogP contribution >= 0.6 is 0 Å². The maximum absolute atomic E-state index is 13.9. The third-order valence-electron chi connectivity index (χ3n) is 2.97. The third kappa shape index (κ3) is 2.14. The predicted molar refractivity (Wildman–Crippen MR) is 57.8 cm³/mol. The maximum Gasteiger partial charge on any atom is 0.410 e. The zero-order valence-corrected chi connectivity index (χ0v) is 10.0. The Labute approximate surface area is 94.9 Å². The largest absolute Gasteiger partial charge is 0.444 e. The Morgan fingerprint density at radius 2 is 1.94 bits per heavy atom. The second-order valence-corrected chi connectivity index (χ2v) is 6.20. The molecule has 3 rings (SSSR count). The normalized spacial score (nSPS) is 37.9. The summed E-state index contributed by atoms with van der Waals surface area (Å²) in [5.41, 5.74) is 3.55. The number of piperidine rings is 2. The lowest BCUT2D eigenvalue weighted by molar-refractivity contribution is -0.0997. The molecule has 1 saturated carbocycles. The van der Waals surface area contributed by atoms with E-state index in [2.05, 4.69) is 0 Å². The zero-order valence-electron chi connectivity index (χ0n) is 10.0. The SMILES string of the molecule is CC(C)(C)OC(=O)N1CC2(N)CC(F)(C1)C2. The summed E-state index contributed by atoms with van der Waals surface area (Å²) in [6.45, 7) is 5.88. The molecule has 16 heavy (non-hydrogen) atoms. The number of fused-ring (bicyclic) bond motifs is 2. The number of nitrogens with two attached hydrogens (primary N) is 1. The van der Waals surface area contributed by atoms with Crippen LogP contribution in [0.25, 0.3) is 0 Å². The summed E-state index contributed by atoms with van der Waals surface area (Å²) in [5.74, 6) is 0. The summed E-state index contributed by atoms with van der Waals surface area (Å²) in [7, 11) is 0. The van der Waals surface area contributed by atoms with Crippen molar-refractivity contribution in [3.8, 4) is 0 Å². The Hall–Kier alpha value is -0.840. The summed E-state index contributed by atoms with van der Waals surface area (Å²) < 4.78 is 19.1. The summed E-state index contributed by atoms with van der Waals surface area (Å²) in [4.78, 5) is 13.1. The number of ether oxygens (including phenoxy) is 1. The lowest BCUT2D eigenvalue weighted by Gasteiger charge is -2.57. The minimum Gasteiger partial charge on any atom is -0.444 e. The highest BCUT2D eigenvalue weighted by molar-refractivity contribution is 5.69. The van der Waals surface area contributed by atoms with Crippen LogP contribution in [0.3, 0.4) is 0 Å². The molecule has 0 radical (unpaired) electrons. The molecule has 2 saturated heterocycles. The molecule has 2 N–H and O–H groups in total. The summed E-state index contributed by atoms with van der Waals surface area (Å²) >= 11 is 0. The van der Waals surface area contributed by atoms with Crippen LogP contribution in [-0.4, -0.2) is 40.9 Å². The number of hydrogen-bond acceptors (Lipinski definition) is 3. The quantitative estimate of drug-likeness (QED) is 0.685.